The second kappa shape index (κ2) is 6.08. The van der Waals surface area contributed by atoms with Crippen molar-refractivity contribution in [1.82, 2.24) is 4.31 Å². The lowest BCUT2D eigenvalue weighted by molar-refractivity contribution is 0.235. The second-order valence-corrected chi connectivity index (χ2v) is 9.50. The van der Waals surface area contributed by atoms with Gasteiger partial charge in [0.2, 0.25) is 10.0 Å². The fourth-order valence-electron chi connectivity index (χ4n) is 3.68. The third kappa shape index (κ3) is 3.39. The Bertz CT molecular complexity index is 749. The van der Waals surface area contributed by atoms with E-state index >= 15 is 0 Å². The highest BCUT2D eigenvalue weighted by molar-refractivity contribution is 9.10. The van der Waals surface area contributed by atoms with E-state index in [1.54, 1.807) is 4.31 Å². The third-order valence-electron chi connectivity index (χ3n) is 5.12. The van der Waals surface area contributed by atoms with E-state index in [2.05, 4.69) is 26.9 Å². The molecular formula is C16H20BrN3O2S. The normalized spacial score (nSPS) is 21.5. The fourth-order valence-corrected chi connectivity index (χ4v) is 4.97. The van der Waals surface area contributed by atoms with Crippen LogP contribution in [-0.4, -0.2) is 45.2 Å². The van der Waals surface area contributed by atoms with Crippen LogP contribution in [0.1, 0.15) is 24.8 Å². The quantitative estimate of drug-likeness (QED) is 0.768. The largest absolute Gasteiger partial charge is 0.370 e. The van der Waals surface area contributed by atoms with Gasteiger partial charge < -0.3 is 4.90 Å². The number of benzene rings is 1. The molecule has 2 heterocycles. The maximum atomic E-state index is 11.7. The SMILES string of the molecule is CS(=O)(=O)N1CCC2(CCN(c3ccc(Br)cc3C#N)CC2)C1. The summed E-state index contributed by atoms with van der Waals surface area (Å²) in [5.74, 6) is 0. The minimum absolute atomic E-state index is 0.113. The van der Waals surface area contributed by atoms with Crippen molar-refractivity contribution >= 4 is 31.6 Å². The fraction of sp³-hybridized carbons (Fsp3) is 0.562. The van der Waals surface area contributed by atoms with E-state index in [9.17, 15) is 13.7 Å². The maximum Gasteiger partial charge on any atom is 0.211 e. The van der Waals surface area contributed by atoms with E-state index in [1.807, 2.05) is 18.2 Å². The van der Waals surface area contributed by atoms with Gasteiger partial charge in [-0.1, -0.05) is 15.9 Å². The molecule has 2 fully saturated rings. The molecule has 1 aromatic carbocycles. The zero-order chi connectivity index (χ0) is 16.7. The summed E-state index contributed by atoms with van der Waals surface area (Å²) < 4.78 is 26.0. The van der Waals surface area contributed by atoms with Gasteiger partial charge in [-0.25, -0.2) is 12.7 Å². The average Bonchev–Trinajstić information content (AvgIpc) is 2.92. The lowest BCUT2D eigenvalue weighted by Crippen LogP contribution is -2.42. The van der Waals surface area contributed by atoms with Crippen LogP contribution in [0.15, 0.2) is 22.7 Å². The second-order valence-electron chi connectivity index (χ2n) is 6.61. The molecule has 0 unspecified atom stereocenters. The summed E-state index contributed by atoms with van der Waals surface area (Å²) in [7, 11) is -3.09. The van der Waals surface area contributed by atoms with Gasteiger partial charge in [0, 0.05) is 30.7 Å². The van der Waals surface area contributed by atoms with E-state index in [1.165, 1.54) is 6.26 Å². The van der Waals surface area contributed by atoms with Crippen LogP contribution in [0.4, 0.5) is 5.69 Å². The van der Waals surface area contributed by atoms with Crippen molar-refractivity contribution in [2.45, 2.75) is 19.3 Å². The minimum atomic E-state index is -3.09. The molecule has 0 aliphatic carbocycles. The van der Waals surface area contributed by atoms with E-state index in [0.29, 0.717) is 18.7 Å². The van der Waals surface area contributed by atoms with Crippen molar-refractivity contribution in [3.05, 3.63) is 28.2 Å². The molecule has 0 radical (unpaired) electrons. The molecule has 0 saturated carbocycles. The first kappa shape index (κ1) is 16.7. The Labute approximate surface area is 146 Å². The van der Waals surface area contributed by atoms with Crippen molar-refractivity contribution in [2.24, 2.45) is 5.41 Å². The van der Waals surface area contributed by atoms with Crippen molar-refractivity contribution in [3.63, 3.8) is 0 Å². The molecule has 7 heteroatoms. The van der Waals surface area contributed by atoms with Gasteiger partial charge in [0.05, 0.1) is 17.5 Å². The molecule has 1 aromatic rings. The number of hydrogen-bond donors (Lipinski definition) is 0. The van der Waals surface area contributed by atoms with Gasteiger partial charge in [-0.05, 0) is 42.9 Å². The molecule has 0 N–H and O–H groups in total. The Morgan fingerprint density at radius 1 is 1.22 bits per heavy atom. The zero-order valence-corrected chi connectivity index (χ0v) is 15.5. The molecule has 2 aliphatic rings. The Kier molecular flexibility index (Phi) is 4.43. The van der Waals surface area contributed by atoms with Crippen molar-refractivity contribution in [2.75, 3.05) is 37.3 Å². The molecule has 2 aliphatic heterocycles. The van der Waals surface area contributed by atoms with Crippen LogP contribution >= 0.6 is 15.9 Å². The van der Waals surface area contributed by atoms with E-state index in [4.69, 9.17) is 0 Å². The molecule has 3 rings (SSSR count). The molecule has 5 nitrogen and oxygen atoms in total. The highest BCUT2D eigenvalue weighted by Crippen LogP contribution is 2.42. The Morgan fingerprint density at radius 3 is 2.43 bits per heavy atom. The summed E-state index contributed by atoms with van der Waals surface area (Å²) in [6.07, 6.45) is 4.18. The highest BCUT2D eigenvalue weighted by Gasteiger charge is 2.43. The number of hydrogen-bond acceptors (Lipinski definition) is 4. The van der Waals surface area contributed by atoms with Gasteiger partial charge in [0.25, 0.3) is 0 Å². The van der Waals surface area contributed by atoms with Gasteiger partial charge in [0.1, 0.15) is 6.07 Å². The van der Waals surface area contributed by atoms with E-state index < -0.39 is 10.0 Å². The summed E-state index contributed by atoms with van der Waals surface area (Å²) in [4.78, 5) is 2.25. The van der Waals surface area contributed by atoms with Crippen LogP contribution in [0.25, 0.3) is 0 Å². The molecule has 0 atom stereocenters. The number of nitrogens with zero attached hydrogens (tertiary/aromatic N) is 3. The molecule has 124 valence electrons. The molecular weight excluding hydrogens is 378 g/mol. The van der Waals surface area contributed by atoms with Gasteiger partial charge in [0.15, 0.2) is 0 Å². The van der Waals surface area contributed by atoms with Crippen LogP contribution in [-0.2, 0) is 10.0 Å². The third-order valence-corrected chi connectivity index (χ3v) is 6.86. The number of sulfonamides is 1. The number of halogens is 1. The first-order valence-electron chi connectivity index (χ1n) is 7.73. The van der Waals surface area contributed by atoms with E-state index in [-0.39, 0.29) is 5.41 Å². The van der Waals surface area contributed by atoms with Crippen LogP contribution in [0.5, 0.6) is 0 Å². The lowest BCUT2D eigenvalue weighted by Gasteiger charge is -2.40. The first-order chi connectivity index (χ1) is 10.8. The summed E-state index contributed by atoms with van der Waals surface area (Å²) >= 11 is 3.40. The van der Waals surface area contributed by atoms with Crippen LogP contribution in [0, 0.1) is 16.7 Å². The lowest BCUT2D eigenvalue weighted by atomic mass is 9.77. The number of anilines is 1. The van der Waals surface area contributed by atoms with Crippen LogP contribution < -0.4 is 4.90 Å². The molecule has 0 amide bonds. The summed E-state index contributed by atoms with van der Waals surface area (Å²) in [5.41, 5.74) is 1.77. The standard InChI is InChI=1S/C16H20BrN3O2S/c1-23(21,22)20-9-6-16(12-20)4-7-19(8-5-16)15-3-2-14(17)10-13(15)11-18/h2-3,10H,4-9,12H2,1H3. The average molecular weight is 398 g/mol. The smallest absolute Gasteiger partial charge is 0.211 e. The molecule has 1 spiro atoms. The van der Waals surface area contributed by atoms with Crippen LogP contribution in [0.3, 0.4) is 0 Å². The Morgan fingerprint density at radius 2 is 1.87 bits per heavy atom. The topological polar surface area (TPSA) is 64.4 Å². The predicted octanol–water partition coefficient (Wildman–Crippen LogP) is 2.57. The van der Waals surface area contributed by atoms with Crippen molar-refractivity contribution in [1.29, 1.82) is 5.26 Å². The van der Waals surface area contributed by atoms with E-state index in [0.717, 1.165) is 42.5 Å². The van der Waals surface area contributed by atoms with Crippen molar-refractivity contribution in [3.8, 4) is 6.07 Å². The molecule has 2 saturated heterocycles. The Hall–Kier alpha value is -1.10. The summed E-state index contributed by atoms with van der Waals surface area (Å²) in [6.45, 7) is 3.02. The maximum absolute atomic E-state index is 11.7. The summed E-state index contributed by atoms with van der Waals surface area (Å²) in [5, 5.41) is 9.33. The predicted molar refractivity (Wildman–Crippen MR) is 93.8 cm³/mol. The number of nitriles is 1. The van der Waals surface area contributed by atoms with Crippen LogP contribution in [0.2, 0.25) is 0 Å². The molecule has 23 heavy (non-hydrogen) atoms. The Balaban J connectivity index is 1.72. The van der Waals surface area contributed by atoms with Crippen molar-refractivity contribution < 1.29 is 8.42 Å². The van der Waals surface area contributed by atoms with Gasteiger partial charge in [-0.15, -0.1) is 0 Å². The molecule has 0 bridgehead atoms. The first-order valence-corrected chi connectivity index (χ1v) is 10.4. The minimum Gasteiger partial charge on any atom is -0.370 e. The summed E-state index contributed by atoms with van der Waals surface area (Å²) in [6, 6.07) is 8.05. The monoisotopic (exact) mass is 397 g/mol. The van der Waals surface area contributed by atoms with Gasteiger partial charge in [-0.2, -0.15) is 5.26 Å². The number of rotatable bonds is 2. The van der Waals surface area contributed by atoms with Gasteiger partial charge >= 0.3 is 0 Å². The number of piperidine rings is 1. The van der Waals surface area contributed by atoms with Gasteiger partial charge in [-0.3, -0.25) is 0 Å². The molecule has 0 aromatic heterocycles. The zero-order valence-electron chi connectivity index (χ0n) is 13.1. The highest BCUT2D eigenvalue weighted by atomic mass is 79.9.